The van der Waals surface area contributed by atoms with Gasteiger partial charge in [-0.05, 0) is 24.7 Å². The second kappa shape index (κ2) is 2.91. The summed E-state index contributed by atoms with van der Waals surface area (Å²) in [6.07, 6.45) is 0. The molecule has 0 saturated heterocycles. The number of aromatic nitrogens is 3. The van der Waals surface area contributed by atoms with E-state index in [4.69, 9.17) is 0 Å². The molecule has 1 aromatic carbocycles. The van der Waals surface area contributed by atoms with Crippen LogP contribution in [0.15, 0.2) is 18.2 Å². The van der Waals surface area contributed by atoms with Crippen molar-refractivity contribution in [1.82, 2.24) is 20.7 Å². The maximum atomic E-state index is 4.00. The standard InChI is InChI=1S/C8H10N4/c1-9-5-6-2-3-7-8(4-6)11-12-10-7/h2-4,9H,5H2,1H3,(H,10,11,12). The van der Waals surface area contributed by atoms with E-state index in [0.717, 1.165) is 17.6 Å². The van der Waals surface area contributed by atoms with E-state index in [1.807, 2.05) is 25.2 Å². The Morgan fingerprint density at radius 3 is 3.00 bits per heavy atom. The maximum Gasteiger partial charge on any atom is 0.113 e. The Kier molecular flexibility index (Phi) is 1.75. The van der Waals surface area contributed by atoms with Crippen LogP contribution in [-0.4, -0.2) is 22.5 Å². The van der Waals surface area contributed by atoms with Crippen LogP contribution in [0, 0.1) is 0 Å². The summed E-state index contributed by atoms with van der Waals surface area (Å²) < 4.78 is 0. The minimum absolute atomic E-state index is 0.864. The van der Waals surface area contributed by atoms with Gasteiger partial charge >= 0.3 is 0 Å². The molecule has 0 spiro atoms. The van der Waals surface area contributed by atoms with Crippen molar-refractivity contribution in [3.8, 4) is 0 Å². The third-order valence-corrected chi connectivity index (χ3v) is 1.76. The van der Waals surface area contributed by atoms with Crippen molar-refractivity contribution >= 4 is 11.0 Å². The zero-order valence-electron chi connectivity index (χ0n) is 6.83. The lowest BCUT2D eigenvalue weighted by atomic mass is 10.2. The van der Waals surface area contributed by atoms with E-state index in [2.05, 4.69) is 20.7 Å². The zero-order chi connectivity index (χ0) is 8.39. The molecule has 4 nitrogen and oxygen atoms in total. The van der Waals surface area contributed by atoms with Crippen LogP contribution in [0.3, 0.4) is 0 Å². The summed E-state index contributed by atoms with van der Waals surface area (Å²) in [5.74, 6) is 0. The molecule has 0 amide bonds. The van der Waals surface area contributed by atoms with Gasteiger partial charge in [-0.25, -0.2) is 0 Å². The van der Waals surface area contributed by atoms with Crippen LogP contribution < -0.4 is 5.32 Å². The van der Waals surface area contributed by atoms with Gasteiger partial charge in [0, 0.05) is 6.54 Å². The second-order valence-electron chi connectivity index (χ2n) is 2.68. The van der Waals surface area contributed by atoms with Gasteiger partial charge in [0.25, 0.3) is 0 Å². The lowest BCUT2D eigenvalue weighted by Crippen LogP contribution is -2.04. The monoisotopic (exact) mass is 162 g/mol. The lowest BCUT2D eigenvalue weighted by molar-refractivity contribution is 0.819. The average Bonchev–Trinajstić information content (AvgIpc) is 2.51. The van der Waals surface area contributed by atoms with Crippen LogP contribution in [-0.2, 0) is 6.54 Å². The number of nitrogens with one attached hydrogen (secondary N) is 2. The summed E-state index contributed by atoms with van der Waals surface area (Å²) in [5.41, 5.74) is 3.05. The van der Waals surface area contributed by atoms with Gasteiger partial charge in [0.15, 0.2) is 0 Å². The van der Waals surface area contributed by atoms with Crippen molar-refractivity contribution in [2.24, 2.45) is 0 Å². The molecule has 1 heterocycles. The van der Waals surface area contributed by atoms with Gasteiger partial charge in [0.05, 0.1) is 0 Å². The molecule has 62 valence electrons. The maximum absolute atomic E-state index is 4.00. The predicted molar refractivity (Wildman–Crippen MR) is 46.7 cm³/mol. The number of hydrogen-bond donors (Lipinski definition) is 2. The van der Waals surface area contributed by atoms with Gasteiger partial charge in [-0.15, -0.1) is 0 Å². The van der Waals surface area contributed by atoms with Crippen molar-refractivity contribution < 1.29 is 0 Å². The molecule has 0 aliphatic carbocycles. The summed E-state index contributed by atoms with van der Waals surface area (Å²) in [6.45, 7) is 0.864. The molecule has 4 heteroatoms. The summed E-state index contributed by atoms with van der Waals surface area (Å²) in [5, 5.41) is 13.6. The van der Waals surface area contributed by atoms with Crippen LogP contribution >= 0.6 is 0 Å². The number of rotatable bonds is 2. The zero-order valence-corrected chi connectivity index (χ0v) is 6.83. The Hall–Kier alpha value is -1.42. The van der Waals surface area contributed by atoms with Crippen molar-refractivity contribution in [3.63, 3.8) is 0 Å². The van der Waals surface area contributed by atoms with Gasteiger partial charge in [-0.2, -0.15) is 15.4 Å². The number of aromatic amines is 1. The molecule has 2 aromatic rings. The van der Waals surface area contributed by atoms with Crippen LogP contribution in [0.4, 0.5) is 0 Å². The summed E-state index contributed by atoms with van der Waals surface area (Å²) >= 11 is 0. The van der Waals surface area contributed by atoms with Crippen LogP contribution in [0.5, 0.6) is 0 Å². The molecule has 0 aliphatic rings. The van der Waals surface area contributed by atoms with Gasteiger partial charge in [-0.3, -0.25) is 0 Å². The number of hydrogen-bond acceptors (Lipinski definition) is 3. The number of benzene rings is 1. The highest BCUT2D eigenvalue weighted by atomic mass is 15.3. The molecular formula is C8H10N4. The van der Waals surface area contributed by atoms with Gasteiger partial charge in [-0.1, -0.05) is 6.07 Å². The molecule has 12 heavy (non-hydrogen) atoms. The summed E-state index contributed by atoms with van der Waals surface area (Å²) in [6, 6.07) is 6.03. The Morgan fingerprint density at radius 2 is 2.17 bits per heavy atom. The predicted octanol–water partition coefficient (Wildman–Crippen LogP) is 0.677. The van der Waals surface area contributed by atoms with Crippen molar-refractivity contribution in [3.05, 3.63) is 23.8 Å². The fourth-order valence-corrected chi connectivity index (χ4v) is 1.20. The smallest absolute Gasteiger partial charge is 0.113 e. The first kappa shape index (κ1) is 7.24. The van der Waals surface area contributed by atoms with Crippen molar-refractivity contribution in [1.29, 1.82) is 0 Å². The topological polar surface area (TPSA) is 53.6 Å². The molecule has 0 fully saturated rings. The van der Waals surface area contributed by atoms with Crippen LogP contribution in [0.1, 0.15) is 5.56 Å². The Bertz CT molecular complexity index is 379. The Morgan fingerprint density at radius 1 is 1.33 bits per heavy atom. The number of H-pyrrole nitrogens is 1. The Labute approximate surface area is 70.0 Å². The van der Waals surface area contributed by atoms with Crippen LogP contribution in [0.25, 0.3) is 11.0 Å². The van der Waals surface area contributed by atoms with E-state index in [-0.39, 0.29) is 0 Å². The van der Waals surface area contributed by atoms with E-state index in [0.29, 0.717) is 0 Å². The highest BCUT2D eigenvalue weighted by molar-refractivity contribution is 5.73. The first-order valence-electron chi connectivity index (χ1n) is 3.84. The second-order valence-corrected chi connectivity index (χ2v) is 2.68. The van der Waals surface area contributed by atoms with Gasteiger partial charge in [0.2, 0.25) is 0 Å². The average molecular weight is 162 g/mol. The SMILES string of the molecule is CNCc1ccc2n[nH]nc2c1. The molecule has 1 aromatic heterocycles. The fraction of sp³-hybridized carbons (Fsp3) is 0.250. The first-order valence-corrected chi connectivity index (χ1v) is 3.84. The van der Waals surface area contributed by atoms with Gasteiger partial charge < -0.3 is 5.32 Å². The van der Waals surface area contributed by atoms with E-state index >= 15 is 0 Å². The summed E-state index contributed by atoms with van der Waals surface area (Å²) in [7, 11) is 1.92. The normalized spacial score (nSPS) is 10.8. The molecule has 2 rings (SSSR count). The highest BCUT2D eigenvalue weighted by Crippen LogP contribution is 2.09. The molecule has 0 atom stereocenters. The van der Waals surface area contributed by atoms with E-state index < -0.39 is 0 Å². The fourth-order valence-electron chi connectivity index (χ4n) is 1.20. The highest BCUT2D eigenvalue weighted by Gasteiger charge is 1.97. The lowest BCUT2D eigenvalue weighted by Gasteiger charge is -1.97. The third kappa shape index (κ3) is 1.16. The molecule has 0 aliphatic heterocycles. The molecular weight excluding hydrogens is 152 g/mol. The summed E-state index contributed by atoms with van der Waals surface area (Å²) in [4.78, 5) is 0. The van der Waals surface area contributed by atoms with E-state index in [1.165, 1.54) is 5.56 Å². The molecule has 0 radical (unpaired) electrons. The molecule has 2 N–H and O–H groups in total. The van der Waals surface area contributed by atoms with Crippen LogP contribution in [0.2, 0.25) is 0 Å². The van der Waals surface area contributed by atoms with Crippen molar-refractivity contribution in [2.75, 3.05) is 7.05 Å². The number of fused-ring (bicyclic) bond motifs is 1. The van der Waals surface area contributed by atoms with E-state index in [1.54, 1.807) is 0 Å². The minimum Gasteiger partial charge on any atom is -0.316 e. The van der Waals surface area contributed by atoms with E-state index in [9.17, 15) is 0 Å². The molecule has 0 saturated carbocycles. The number of nitrogens with zero attached hydrogens (tertiary/aromatic N) is 2. The first-order chi connectivity index (χ1) is 5.90. The largest absolute Gasteiger partial charge is 0.316 e. The Balaban J connectivity index is 2.46. The molecule has 0 bridgehead atoms. The minimum atomic E-state index is 0.864. The molecule has 0 unspecified atom stereocenters. The van der Waals surface area contributed by atoms with Gasteiger partial charge in [0.1, 0.15) is 11.0 Å². The van der Waals surface area contributed by atoms with Crippen molar-refractivity contribution in [2.45, 2.75) is 6.54 Å². The third-order valence-electron chi connectivity index (χ3n) is 1.76. The quantitative estimate of drug-likeness (QED) is 0.682.